The first-order valence-electron chi connectivity index (χ1n) is 8.70. The molecule has 5 nitrogen and oxygen atoms in total. The van der Waals surface area contributed by atoms with Crippen LogP contribution in [0.4, 0.5) is 5.69 Å². The van der Waals surface area contributed by atoms with E-state index in [0.29, 0.717) is 11.4 Å². The van der Waals surface area contributed by atoms with Crippen LogP contribution in [0.15, 0.2) is 42.5 Å². The molecular weight excluding hydrogens is 366 g/mol. The molecule has 0 saturated heterocycles. The molecule has 0 unspecified atom stereocenters. The van der Waals surface area contributed by atoms with E-state index in [1.807, 2.05) is 24.3 Å². The summed E-state index contributed by atoms with van der Waals surface area (Å²) < 4.78 is 10.5. The number of nitrogens with one attached hydrogen (secondary N) is 1. The van der Waals surface area contributed by atoms with Crippen LogP contribution in [0.5, 0.6) is 5.75 Å². The highest BCUT2D eigenvalue weighted by Crippen LogP contribution is 2.24. The number of amides is 1. The number of carbonyl (C=O) groups is 2. The van der Waals surface area contributed by atoms with Gasteiger partial charge in [-0.3, -0.25) is 4.79 Å². The van der Waals surface area contributed by atoms with Crippen molar-refractivity contribution in [2.24, 2.45) is 0 Å². The Morgan fingerprint density at radius 2 is 1.74 bits per heavy atom. The third-order valence-electron chi connectivity index (χ3n) is 3.84. The highest BCUT2D eigenvalue weighted by Gasteiger charge is 2.15. The van der Waals surface area contributed by atoms with Crippen LogP contribution in [0.3, 0.4) is 0 Å². The smallest absolute Gasteiger partial charge is 0.339 e. The van der Waals surface area contributed by atoms with Gasteiger partial charge in [0.1, 0.15) is 5.75 Å². The first-order chi connectivity index (χ1) is 12.7. The van der Waals surface area contributed by atoms with Crippen LogP contribution in [0.1, 0.15) is 43.6 Å². The molecule has 0 spiro atoms. The first-order valence-corrected chi connectivity index (χ1v) is 9.08. The van der Waals surface area contributed by atoms with Crippen LogP contribution in [0, 0.1) is 0 Å². The lowest BCUT2D eigenvalue weighted by atomic mass is 9.87. The van der Waals surface area contributed by atoms with Crippen LogP contribution >= 0.6 is 11.6 Å². The van der Waals surface area contributed by atoms with E-state index >= 15 is 0 Å². The molecule has 0 aromatic heterocycles. The van der Waals surface area contributed by atoms with Crippen LogP contribution in [-0.4, -0.2) is 25.1 Å². The third kappa shape index (κ3) is 6.00. The predicted molar refractivity (Wildman–Crippen MR) is 107 cm³/mol. The van der Waals surface area contributed by atoms with Crippen molar-refractivity contribution < 1.29 is 19.1 Å². The summed E-state index contributed by atoms with van der Waals surface area (Å²) in [6.45, 7) is 8.20. The molecule has 0 radical (unpaired) electrons. The summed E-state index contributed by atoms with van der Waals surface area (Å²) in [5.74, 6) is -0.262. The molecule has 1 N–H and O–H groups in total. The summed E-state index contributed by atoms with van der Waals surface area (Å²) in [6.07, 6.45) is 0. The van der Waals surface area contributed by atoms with Gasteiger partial charge in [-0.15, -0.1) is 0 Å². The number of esters is 1. The Kier molecular flexibility index (Phi) is 6.86. The molecule has 0 aliphatic heterocycles. The average Bonchev–Trinajstić information content (AvgIpc) is 2.61. The van der Waals surface area contributed by atoms with Crippen molar-refractivity contribution >= 4 is 29.2 Å². The monoisotopic (exact) mass is 389 g/mol. The maximum absolute atomic E-state index is 12.1. The van der Waals surface area contributed by atoms with E-state index in [9.17, 15) is 9.59 Å². The van der Waals surface area contributed by atoms with Gasteiger partial charge in [-0.25, -0.2) is 4.79 Å². The van der Waals surface area contributed by atoms with E-state index in [-0.39, 0.29) is 35.1 Å². The lowest BCUT2D eigenvalue weighted by Crippen LogP contribution is -2.20. The Morgan fingerprint density at radius 3 is 2.33 bits per heavy atom. The zero-order chi connectivity index (χ0) is 20.0. The number of ether oxygens (including phenoxy) is 2. The van der Waals surface area contributed by atoms with Gasteiger partial charge >= 0.3 is 5.97 Å². The molecule has 0 heterocycles. The van der Waals surface area contributed by atoms with Crippen molar-refractivity contribution in [3.05, 3.63) is 58.6 Å². The molecule has 0 saturated carbocycles. The Bertz CT molecular complexity index is 810. The molecule has 2 rings (SSSR count). The van der Waals surface area contributed by atoms with E-state index in [1.54, 1.807) is 13.0 Å². The molecule has 6 heteroatoms. The summed E-state index contributed by atoms with van der Waals surface area (Å²) >= 11 is 6.01. The summed E-state index contributed by atoms with van der Waals surface area (Å²) in [6, 6.07) is 12.3. The van der Waals surface area contributed by atoms with Gasteiger partial charge in [0.05, 0.1) is 17.2 Å². The summed E-state index contributed by atoms with van der Waals surface area (Å²) in [5.41, 5.74) is 1.89. The van der Waals surface area contributed by atoms with Crippen molar-refractivity contribution in [2.45, 2.75) is 33.1 Å². The van der Waals surface area contributed by atoms with Gasteiger partial charge in [-0.2, -0.15) is 0 Å². The normalized spacial score (nSPS) is 11.0. The van der Waals surface area contributed by atoms with E-state index in [4.69, 9.17) is 21.1 Å². The second-order valence-electron chi connectivity index (χ2n) is 7.03. The quantitative estimate of drug-likeness (QED) is 0.718. The largest absolute Gasteiger partial charge is 0.484 e. The molecule has 0 aliphatic carbocycles. The molecule has 0 aliphatic rings. The minimum absolute atomic E-state index is 0.0567. The van der Waals surface area contributed by atoms with Crippen molar-refractivity contribution in [3.8, 4) is 5.75 Å². The minimum Gasteiger partial charge on any atom is -0.484 e. The molecule has 144 valence electrons. The molecule has 2 aromatic rings. The highest BCUT2D eigenvalue weighted by atomic mass is 35.5. The molecule has 0 bridgehead atoms. The lowest BCUT2D eigenvalue weighted by Gasteiger charge is -2.19. The number of rotatable bonds is 6. The Hall–Kier alpha value is -2.53. The Morgan fingerprint density at radius 1 is 1.07 bits per heavy atom. The fourth-order valence-corrected chi connectivity index (χ4v) is 2.56. The highest BCUT2D eigenvalue weighted by molar-refractivity contribution is 6.33. The second-order valence-corrected chi connectivity index (χ2v) is 7.43. The van der Waals surface area contributed by atoms with Gasteiger partial charge in [-0.1, -0.05) is 44.5 Å². The summed E-state index contributed by atoms with van der Waals surface area (Å²) in [5, 5.41) is 2.95. The fraction of sp³-hybridized carbons (Fsp3) is 0.333. The van der Waals surface area contributed by atoms with Crippen LogP contribution in [-0.2, 0) is 14.9 Å². The summed E-state index contributed by atoms with van der Waals surface area (Å²) in [7, 11) is 0. The van der Waals surface area contributed by atoms with Crippen LogP contribution in [0.2, 0.25) is 5.02 Å². The lowest BCUT2D eigenvalue weighted by molar-refractivity contribution is -0.118. The topological polar surface area (TPSA) is 64.6 Å². The van der Waals surface area contributed by atoms with E-state index < -0.39 is 5.97 Å². The number of hydrogen-bond acceptors (Lipinski definition) is 4. The third-order valence-corrected chi connectivity index (χ3v) is 4.17. The van der Waals surface area contributed by atoms with Crippen molar-refractivity contribution in [3.63, 3.8) is 0 Å². The molecular formula is C21H24ClNO4. The SMILES string of the molecule is CCOC(=O)c1cc(NC(=O)COc2ccc(C(C)(C)C)cc2)ccc1Cl. The van der Waals surface area contributed by atoms with Crippen LogP contribution < -0.4 is 10.1 Å². The molecule has 1 amide bonds. The molecule has 27 heavy (non-hydrogen) atoms. The van der Waals surface area contributed by atoms with Crippen molar-refractivity contribution in [1.29, 1.82) is 0 Å². The van der Waals surface area contributed by atoms with Crippen molar-refractivity contribution in [1.82, 2.24) is 0 Å². The first kappa shape index (κ1) is 20.8. The zero-order valence-corrected chi connectivity index (χ0v) is 16.7. The van der Waals surface area contributed by atoms with E-state index in [0.717, 1.165) is 0 Å². The molecule has 0 atom stereocenters. The van der Waals surface area contributed by atoms with Gasteiger partial charge in [0, 0.05) is 5.69 Å². The number of halogens is 1. The maximum atomic E-state index is 12.1. The molecule has 0 fully saturated rings. The number of benzene rings is 2. The number of hydrogen-bond donors (Lipinski definition) is 1. The van der Waals surface area contributed by atoms with E-state index in [2.05, 4.69) is 26.1 Å². The van der Waals surface area contributed by atoms with Gasteiger partial charge < -0.3 is 14.8 Å². The zero-order valence-electron chi connectivity index (χ0n) is 16.0. The Labute approximate surface area is 164 Å². The second kappa shape index (κ2) is 8.91. The summed E-state index contributed by atoms with van der Waals surface area (Å²) in [4.78, 5) is 24.0. The fourth-order valence-electron chi connectivity index (χ4n) is 2.37. The maximum Gasteiger partial charge on any atom is 0.339 e. The van der Waals surface area contributed by atoms with Gasteiger partial charge in [0.15, 0.2) is 6.61 Å². The minimum atomic E-state index is -0.534. The average molecular weight is 390 g/mol. The van der Waals surface area contributed by atoms with Crippen LogP contribution in [0.25, 0.3) is 0 Å². The Balaban J connectivity index is 1.96. The predicted octanol–water partition coefficient (Wildman–Crippen LogP) is 4.83. The van der Waals surface area contributed by atoms with Crippen molar-refractivity contribution in [2.75, 3.05) is 18.5 Å². The van der Waals surface area contributed by atoms with Gasteiger partial charge in [0.2, 0.25) is 0 Å². The molecule has 2 aromatic carbocycles. The van der Waals surface area contributed by atoms with Gasteiger partial charge in [-0.05, 0) is 48.2 Å². The van der Waals surface area contributed by atoms with Gasteiger partial charge in [0.25, 0.3) is 5.91 Å². The van der Waals surface area contributed by atoms with E-state index in [1.165, 1.54) is 17.7 Å². The number of anilines is 1. The standard InChI is InChI=1S/C21H24ClNO4/c1-5-26-20(25)17-12-15(8-11-18(17)22)23-19(24)13-27-16-9-6-14(7-10-16)21(2,3)4/h6-12H,5,13H2,1-4H3,(H,23,24). The number of carbonyl (C=O) groups excluding carboxylic acids is 2.